The first kappa shape index (κ1) is 21.2. The van der Waals surface area contributed by atoms with E-state index in [1.165, 1.54) is 36.4 Å². The summed E-state index contributed by atoms with van der Waals surface area (Å²) in [6.45, 7) is 0.250. The second-order valence-electron chi connectivity index (χ2n) is 6.75. The number of hydrogen-bond donors (Lipinski definition) is 0. The van der Waals surface area contributed by atoms with Crippen LogP contribution in [0.2, 0.25) is 5.02 Å². The summed E-state index contributed by atoms with van der Waals surface area (Å²) < 4.78 is 23.9. The summed E-state index contributed by atoms with van der Waals surface area (Å²) in [5, 5.41) is 11.1. The molecule has 0 atom stereocenters. The van der Waals surface area contributed by atoms with E-state index in [4.69, 9.17) is 21.1 Å². The number of cyclic esters (lactones) is 1. The smallest absolute Gasteiger partial charge is 0.363 e. The van der Waals surface area contributed by atoms with Crippen LogP contribution in [0.15, 0.2) is 77.4 Å². The van der Waals surface area contributed by atoms with Gasteiger partial charge in [-0.2, -0.15) is 0 Å². The maximum absolute atomic E-state index is 13.0. The quantitative estimate of drug-likeness (QED) is 0.219. The molecule has 0 amide bonds. The number of esters is 1. The molecule has 0 radical (unpaired) electrons. The van der Waals surface area contributed by atoms with Gasteiger partial charge in [0.1, 0.15) is 23.2 Å². The van der Waals surface area contributed by atoms with Crippen LogP contribution >= 0.6 is 11.6 Å². The lowest BCUT2D eigenvalue weighted by atomic mass is 10.2. The average molecular weight is 453 g/mol. The van der Waals surface area contributed by atoms with Gasteiger partial charge in [0.05, 0.1) is 4.92 Å². The van der Waals surface area contributed by atoms with Gasteiger partial charge in [0.25, 0.3) is 5.69 Å². The van der Waals surface area contributed by atoms with Crippen LogP contribution < -0.4 is 4.74 Å². The van der Waals surface area contributed by atoms with Crippen molar-refractivity contribution in [2.75, 3.05) is 0 Å². The first-order valence-electron chi connectivity index (χ1n) is 9.33. The fourth-order valence-electron chi connectivity index (χ4n) is 2.92. The Bertz CT molecular complexity index is 1270. The molecule has 4 rings (SSSR count). The fraction of sp³-hybridized carbons (Fsp3) is 0.0435. The van der Waals surface area contributed by atoms with Gasteiger partial charge in [-0.15, -0.1) is 0 Å². The van der Waals surface area contributed by atoms with Crippen LogP contribution in [-0.2, 0) is 16.1 Å². The van der Waals surface area contributed by atoms with Crippen molar-refractivity contribution in [3.8, 4) is 5.75 Å². The molecule has 0 bridgehead atoms. The van der Waals surface area contributed by atoms with Crippen LogP contribution in [0.25, 0.3) is 6.08 Å². The Hall–Kier alpha value is -4.04. The van der Waals surface area contributed by atoms with Crippen molar-refractivity contribution in [3.05, 3.63) is 110 Å². The van der Waals surface area contributed by atoms with Crippen LogP contribution in [0.5, 0.6) is 5.75 Å². The molecule has 0 aliphatic carbocycles. The zero-order valence-corrected chi connectivity index (χ0v) is 17.1. The van der Waals surface area contributed by atoms with E-state index in [1.807, 2.05) is 0 Å². The lowest BCUT2D eigenvalue weighted by Gasteiger charge is -2.07. The summed E-state index contributed by atoms with van der Waals surface area (Å²) in [7, 11) is 0. The number of carbonyl (C=O) groups is 1. The fourth-order valence-corrected chi connectivity index (χ4v) is 3.10. The van der Waals surface area contributed by atoms with Gasteiger partial charge in [-0.05, 0) is 53.6 Å². The van der Waals surface area contributed by atoms with Crippen LogP contribution in [0.3, 0.4) is 0 Å². The maximum atomic E-state index is 13.0. The lowest BCUT2D eigenvalue weighted by Crippen LogP contribution is -2.06. The first-order valence-corrected chi connectivity index (χ1v) is 9.71. The Labute approximate surface area is 186 Å². The Morgan fingerprint density at radius 2 is 1.91 bits per heavy atom. The van der Waals surface area contributed by atoms with Gasteiger partial charge >= 0.3 is 5.97 Å². The molecule has 7 nitrogen and oxygen atoms in total. The number of nitro benzene ring substituents is 1. The number of rotatable bonds is 6. The molecule has 0 saturated heterocycles. The molecule has 0 aromatic heterocycles. The van der Waals surface area contributed by atoms with E-state index < -0.39 is 10.9 Å². The highest BCUT2D eigenvalue weighted by molar-refractivity contribution is 6.32. The standard InChI is InChI=1S/C23H14ClFN2O5/c24-19-9-6-16(12-21(19)27(29)30)22-26-20(23(28)32-22)11-15-2-1-3-18(10-15)31-13-14-4-7-17(25)8-5-14/h1-12H,13H2/b20-11-. The Kier molecular flexibility index (Phi) is 5.96. The average Bonchev–Trinajstić information content (AvgIpc) is 3.14. The van der Waals surface area contributed by atoms with Crippen molar-refractivity contribution >= 4 is 35.2 Å². The second kappa shape index (κ2) is 8.99. The molecule has 0 fully saturated rings. The predicted molar refractivity (Wildman–Crippen MR) is 116 cm³/mol. The minimum absolute atomic E-state index is 0.0307. The molecule has 3 aromatic rings. The molecular formula is C23H14ClFN2O5. The van der Waals surface area contributed by atoms with Gasteiger partial charge in [-0.1, -0.05) is 35.9 Å². The van der Waals surface area contributed by atoms with Gasteiger partial charge in [0.15, 0.2) is 5.70 Å². The highest BCUT2D eigenvalue weighted by Crippen LogP contribution is 2.28. The number of carbonyl (C=O) groups excluding carboxylic acids is 1. The second-order valence-corrected chi connectivity index (χ2v) is 7.15. The number of ether oxygens (including phenoxy) is 2. The molecular weight excluding hydrogens is 439 g/mol. The summed E-state index contributed by atoms with van der Waals surface area (Å²) >= 11 is 5.82. The number of nitrogens with zero attached hydrogens (tertiary/aromatic N) is 2. The van der Waals surface area contributed by atoms with Gasteiger partial charge in [0.2, 0.25) is 5.90 Å². The van der Waals surface area contributed by atoms with Crippen LogP contribution in [0.4, 0.5) is 10.1 Å². The molecule has 0 unspecified atom stereocenters. The highest BCUT2D eigenvalue weighted by Gasteiger charge is 2.26. The third-order valence-corrected chi connectivity index (χ3v) is 4.81. The highest BCUT2D eigenvalue weighted by atomic mass is 35.5. The molecule has 0 N–H and O–H groups in total. The van der Waals surface area contributed by atoms with Gasteiger partial charge in [-0.3, -0.25) is 10.1 Å². The first-order chi connectivity index (χ1) is 15.4. The van der Waals surface area contributed by atoms with E-state index in [9.17, 15) is 19.3 Å². The van der Waals surface area contributed by atoms with E-state index in [0.717, 1.165) is 5.56 Å². The van der Waals surface area contributed by atoms with Crippen molar-refractivity contribution < 1.29 is 23.6 Å². The van der Waals surface area contributed by atoms with Gasteiger partial charge < -0.3 is 9.47 Å². The summed E-state index contributed by atoms with van der Waals surface area (Å²) in [6.07, 6.45) is 1.52. The molecule has 0 saturated carbocycles. The van der Waals surface area contributed by atoms with Crippen LogP contribution in [0, 0.1) is 15.9 Å². The monoisotopic (exact) mass is 452 g/mol. The van der Waals surface area contributed by atoms with Crippen molar-refractivity contribution in [1.82, 2.24) is 0 Å². The number of nitro groups is 1. The Morgan fingerprint density at radius 1 is 1.12 bits per heavy atom. The minimum atomic E-state index is -0.685. The zero-order chi connectivity index (χ0) is 22.7. The maximum Gasteiger partial charge on any atom is 0.363 e. The lowest BCUT2D eigenvalue weighted by molar-refractivity contribution is -0.384. The topological polar surface area (TPSA) is 91.0 Å². The van der Waals surface area contributed by atoms with Gasteiger partial charge in [0, 0.05) is 11.6 Å². The van der Waals surface area contributed by atoms with Gasteiger partial charge in [-0.25, -0.2) is 14.2 Å². The summed E-state index contributed by atoms with van der Waals surface area (Å²) in [4.78, 5) is 26.9. The van der Waals surface area contributed by atoms with Crippen molar-refractivity contribution in [2.45, 2.75) is 6.61 Å². The van der Waals surface area contributed by atoms with E-state index in [2.05, 4.69) is 4.99 Å². The molecule has 160 valence electrons. The minimum Gasteiger partial charge on any atom is -0.489 e. The summed E-state index contributed by atoms with van der Waals surface area (Å²) in [5.41, 5.74) is 1.43. The predicted octanol–water partition coefficient (Wildman–Crippen LogP) is 5.31. The third kappa shape index (κ3) is 4.81. The summed E-state index contributed by atoms with van der Waals surface area (Å²) in [6, 6.07) is 17.0. The van der Waals surface area contributed by atoms with Crippen LogP contribution in [-0.4, -0.2) is 16.8 Å². The van der Waals surface area contributed by atoms with E-state index >= 15 is 0 Å². The number of aliphatic imine (C=N–C) groups is 1. The zero-order valence-electron chi connectivity index (χ0n) is 16.3. The normalized spacial score (nSPS) is 14.2. The largest absolute Gasteiger partial charge is 0.489 e. The Morgan fingerprint density at radius 3 is 2.66 bits per heavy atom. The van der Waals surface area contributed by atoms with Crippen LogP contribution in [0.1, 0.15) is 16.7 Å². The number of halogens is 2. The van der Waals surface area contributed by atoms with Crippen molar-refractivity contribution in [1.29, 1.82) is 0 Å². The molecule has 0 spiro atoms. The number of hydrogen-bond acceptors (Lipinski definition) is 6. The SMILES string of the molecule is O=C1OC(c2ccc(Cl)c([N+](=O)[O-])c2)=N/C1=C\c1cccc(OCc2ccc(F)cc2)c1. The van der Waals surface area contributed by atoms with E-state index in [1.54, 1.807) is 36.4 Å². The molecule has 32 heavy (non-hydrogen) atoms. The van der Waals surface area contributed by atoms with Crippen molar-refractivity contribution in [2.24, 2.45) is 4.99 Å². The summed E-state index contributed by atoms with van der Waals surface area (Å²) in [5.74, 6) is -0.508. The third-order valence-electron chi connectivity index (χ3n) is 4.49. The molecule has 9 heteroatoms. The van der Waals surface area contributed by atoms with Crippen molar-refractivity contribution in [3.63, 3.8) is 0 Å². The molecule has 1 aliphatic rings. The molecule has 1 heterocycles. The molecule has 3 aromatic carbocycles. The Balaban J connectivity index is 1.53. The van der Waals surface area contributed by atoms with E-state index in [-0.39, 0.29) is 40.3 Å². The number of benzene rings is 3. The van der Waals surface area contributed by atoms with E-state index in [0.29, 0.717) is 11.3 Å². The molecule has 1 aliphatic heterocycles.